The first kappa shape index (κ1) is 25.8. The molecule has 8 heteroatoms. The Kier molecular flexibility index (Phi) is 8.89. The number of aryl methyl sites for hydroxylation is 1. The van der Waals surface area contributed by atoms with Crippen molar-refractivity contribution in [2.75, 3.05) is 17.7 Å². The van der Waals surface area contributed by atoms with Gasteiger partial charge < -0.3 is 15.4 Å². The lowest BCUT2D eigenvalue weighted by Gasteiger charge is -2.21. The molecule has 2 aliphatic carbocycles. The minimum atomic E-state index is -0.387. The Labute approximate surface area is 215 Å². The van der Waals surface area contributed by atoms with Crippen LogP contribution >= 0.6 is 23.1 Å². The summed E-state index contributed by atoms with van der Waals surface area (Å²) in [6, 6.07) is 7.70. The average molecular weight is 515 g/mol. The monoisotopic (exact) mass is 514 g/mol. The van der Waals surface area contributed by atoms with Crippen LogP contribution < -0.4 is 10.6 Å². The van der Waals surface area contributed by atoms with Gasteiger partial charge in [0.2, 0.25) is 11.8 Å². The number of hydrogen-bond acceptors (Lipinski definition) is 6. The summed E-state index contributed by atoms with van der Waals surface area (Å²) in [5, 5.41) is 6.36. The quantitative estimate of drug-likeness (QED) is 0.313. The molecule has 188 valence electrons. The summed E-state index contributed by atoms with van der Waals surface area (Å²) >= 11 is 2.97. The first-order valence-electron chi connectivity index (χ1n) is 12.6. The van der Waals surface area contributed by atoms with E-state index in [1.54, 1.807) is 0 Å². The van der Waals surface area contributed by atoms with Crippen LogP contribution in [0, 0.1) is 5.92 Å². The van der Waals surface area contributed by atoms with E-state index < -0.39 is 0 Å². The van der Waals surface area contributed by atoms with Gasteiger partial charge in [0.05, 0.1) is 17.9 Å². The molecule has 6 nitrogen and oxygen atoms in total. The van der Waals surface area contributed by atoms with Gasteiger partial charge in [0.1, 0.15) is 5.00 Å². The second kappa shape index (κ2) is 12.1. The maximum Gasteiger partial charge on any atom is 0.341 e. The van der Waals surface area contributed by atoms with E-state index in [1.165, 1.54) is 41.5 Å². The largest absolute Gasteiger partial charge is 0.465 e. The Morgan fingerprint density at radius 2 is 1.86 bits per heavy atom. The molecule has 2 N–H and O–H groups in total. The zero-order valence-corrected chi connectivity index (χ0v) is 22.1. The van der Waals surface area contributed by atoms with Crippen molar-refractivity contribution in [2.45, 2.75) is 81.3 Å². The molecule has 35 heavy (non-hydrogen) atoms. The van der Waals surface area contributed by atoms with Crippen LogP contribution in [0.5, 0.6) is 0 Å². The number of esters is 1. The first-order valence-corrected chi connectivity index (χ1v) is 14.3. The van der Waals surface area contributed by atoms with E-state index in [1.807, 2.05) is 31.2 Å². The SMILES string of the molecule is CCC(Sc1cccc(NC(=O)C2CCCCC2)c1)C(=O)Nc1sc2c(c1C(=O)OC)CCCC2. The minimum Gasteiger partial charge on any atom is -0.465 e. The van der Waals surface area contributed by atoms with Gasteiger partial charge in [0.25, 0.3) is 0 Å². The fourth-order valence-electron chi connectivity index (χ4n) is 4.91. The summed E-state index contributed by atoms with van der Waals surface area (Å²) in [6.45, 7) is 1.98. The van der Waals surface area contributed by atoms with Crippen molar-refractivity contribution in [3.05, 3.63) is 40.3 Å². The lowest BCUT2D eigenvalue weighted by Crippen LogP contribution is -2.25. The van der Waals surface area contributed by atoms with Gasteiger partial charge in [-0.2, -0.15) is 0 Å². The highest BCUT2D eigenvalue weighted by Gasteiger charge is 2.29. The lowest BCUT2D eigenvalue weighted by atomic mass is 9.88. The lowest BCUT2D eigenvalue weighted by molar-refractivity contribution is -0.120. The molecular weight excluding hydrogens is 480 g/mol. The van der Waals surface area contributed by atoms with Crippen molar-refractivity contribution in [2.24, 2.45) is 5.92 Å². The standard InChI is InChI=1S/C27H34N2O4S2/c1-3-21(25(31)29-26-23(27(32)33-2)20-14-7-8-15-22(20)35-26)34-19-13-9-12-18(16-19)28-24(30)17-10-5-4-6-11-17/h9,12-13,16-17,21H,3-8,10-11,14-15H2,1-2H3,(H,28,30)(H,29,31). The van der Waals surface area contributed by atoms with E-state index in [0.29, 0.717) is 17.0 Å². The molecule has 0 bridgehead atoms. The van der Waals surface area contributed by atoms with Crippen LogP contribution in [-0.2, 0) is 27.2 Å². The maximum atomic E-state index is 13.2. The molecule has 1 saturated carbocycles. The molecule has 1 heterocycles. The van der Waals surface area contributed by atoms with Gasteiger partial charge in [-0.05, 0) is 68.7 Å². The molecule has 1 aromatic carbocycles. The highest BCUT2D eigenvalue weighted by atomic mass is 32.2. The van der Waals surface area contributed by atoms with Crippen molar-refractivity contribution < 1.29 is 19.1 Å². The van der Waals surface area contributed by atoms with E-state index in [2.05, 4.69) is 10.6 Å². The first-order chi connectivity index (χ1) is 17.0. The minimum absolute atomic E-state index is 0.0913. The number of benzene rings is 1. The van der Waals surface area contributed by atoms with Crippen molar-refractivity contribution in [1.29, 1.82) is 0 Å². The van der Waals surface area contributed by atoms with Gasteiger partial charge in [-0.3, -0.25) is 9.59 Å². The Hall–Kier alpha value is -2.32. The van der Waals surface area contributed by atoms with Crippen LogP contribution in [0.3, 0.4) is 0 Å². The molecule has 0 aliphatic heterocycles. The molecule has 2 amide bonds. The summed E-state index contributed by atoms with van der Waals surface area (Å²) in [6.07, 6.45) is 9.92. The highest BCUT2D eigenvalue weighted by molar-refractivity contribution is 8.00. The van der Waals surface area contributed by atoms with Gasteiger partial charge in [0.15, 0.2) is 0 Å². The number of carbonyl (C=O) groups excluding carboxylic acids is 3. The number of anilines is 2. The number of hydrogen-bond donors (Lipinski definition) is 2. The molecule has 0 spiro atoms. The smallest absolute Gasteiger partial charge is 0.341 e. The summed E-state index contributed by atoms with van der Waals surface area (Å²) < 4.78 is 5.03. The van der Waals surface area contributed by atoms with Gasteiger partial charge in [-0.25, -0.2) is 4.79 Å². The third-order valence-electron chi connectivity index (χ3n) is 6.82. The molecule has 1 unspecified atom stereocenters. The number of ether oxygens (including phenoxy) is 1. The summed E-state index contributed by atoms with van der Waals surface area (Å²) in [5.74, 6) is -0.330. The van der Waals surface area contributed by atoms with Crippen LogP contribution in [0.2, 0.25) is 0 Å². The highest BCUT2D eigenvalue weighted by Crippen LogP contribution is 2.39. The molecule has 2 aliphatic rings. The fraction of sp³-hybridized carbons (Fsp3) is 0.519. The molecular formula is C27H34N2O4S2. The van der Waals surface area contributed by atoms with Crippen LogP contribution in [-0.4, -0.2) is 30.1 Å². The van der Waals surface area contributed by atoms with Crippen LogP contribution in [0.1, 0.15) is 79.1 Å². The molecule has 4 rings (SSSR count). The second-order valence-corrected chi connectivity index (χ2v) is 11.6. The van der Waals surface area contributed by atoms with Gasteiger partial charge in [0, 0.05) is 21.4 Å². The molecule has 0 saturated heterocycles. The number of amides is 2. The number of thiophene rings is 1. The number of nitrogens with one attached hydrogen (secondary N) is 2. The van der Waals surface area contributed by atoms with E-state index >= 15 is 0 Å². The number of fused-ring (bicyclic) bond motifs is 1. The Morgan fingerprint density at radius 3 is 2.60 bits per heavy atom. The second-order valence-electron chi connectivity index (χ2n) is 9.26. The van der Waals surface area contributed by atoms with Crippen LogP contribution in [0.15, 0.2) is 29.2 Å². The van der Waals surface area contributed by atoms with Gasteiger partial charge in [-0.15, -0.1) is 23.1 Å². The molecule has 1 aromatic heterocycles. The third-order valence-corrected chi connectivity index (χ3v) is 9.38. The number of rotatable bonds is 8. The number of methoxy groups -OCH3 is 1. The zero-order chi connectivity index (χ0) is 24.8. The molecule has 2 aromatic rings. The Balaban J connectivity index is 1.44. The predicted octanol–water partition coefficient (Wildman–Crippen LogP) is 6.44. The van der Waals surface area contributed by atoms with Crippen molar-refractivity contribution in [3.8, 4) is 0 Å². The normalized spacial score (nSPS) is 16.7. The van der Waals surface area contributed by atoms with Crippen LogP contribution in [0.25, 0.3) is 0 Å². The van der Waals surface area contributed by atoms with Gasteiger partial charge in [-0.1, -0.05) is 32.3 Å². The van der Waals surface area contributed by atoms with E-state index in [0.717, 1.165) is 67.5 Å². The zero-order valence-electron chi connectivity index (χ0n) is 20.5. The Bertz CT molecular complexity index is 1080. The average Bonchev–Trinajstić information content (AvgIpc) is 3.25. The summed E-state index contributed by atoms with van der Waals surface area (Å²) in [7, 11) is 1.38. The number of thioether (sulfide) groups is 1. The van der Waals surface area contributed by atoms with E-state index in [9.17, 15) is 14.4 Å². The summed E-state index contributed by atoms with van der Waals surface area (Å²) in [5.41, 5.74) is 2.32. The summed E-state index contributed by atoms with van der Waals surface area (Å²) in [4.78, 5) is 40.5. The van der Waals surface area contributed by atoms with Crippen LogP contribution in [0.4, 0.5) is 10.7 Å². The number of carbonyl (C=O) groups is 3. The maximum absolute atomic E-state index is 13.2. The van der Waals surface area contributed by atoms with Gasteiger partial charge >= 0.3 is 5.97 Å². The fourth-order valence-corrected chi connectivity index (χ4v) is 7.20. The predicted molar refractivity (Wildman–Crippen MR) is 143 cm³/mol. The molecule has 1 fully saturated rings. The Morgan fingerprint density at radius 1 is 1.09 bits per heavy atom. The van der Waals surface area contributed by atoms with Crippen molar-refractivity contribution in [3.63, 3.8) is 0 Å². The molecule has 0 radical (unpaired) electrons. The van der Waals surface area contributed by atoms with E-state index in [4.69, 9.17) is 4.74 Å². The third kappa shape index (κ3) is 6.28. The van der Waals surface area contributed by atoms with Crippen molar-refractivity contribution >= 4 is 51.6 Å². The van der Waals surface area contributed by atoms with E-state index in [-0.39, 0.29) is 29.0 Å². The molecule has 1 atom stereocenters. The van der Waals surface area contributed by atoms with Crippen molar-refractivity contribution in [1.82, 2.24) is 0 Å². The topological polar surface area (TPSA) is 84.5 Å².